The molecule has 2 aromatic rings. The Morgan fingerprint density at radius 1 is 0.783 bits per heavy atom. The predicted octanol–water partition coefficient (Wildman–Crippen LogP) is 0.840. The highest BCUT2D eigenvalue weighted by molar-refractivity contribution is 5.99. The number of likely N-dealkylation sites (tertiary alicyclic amines) is 2. The van der Waals surface area contributed by atoms with Gasteiger partial charge in [0.1, 0.15) is 17.1 Å². The lowest BCUT2D eigenvalue weighted by atomic mass is 9.49. The second-order valence-electron chi connectivity index (χ2n) is 14.8. The molecule has 4 aliphatic carbocycles. The molecule has 3 fully saturated rings. The zero-order valence-corrected chi connectivity index (χ0v) is 26.2. The topological polar surface area (TPSA) is 140 Å². The van der Waals surface area contributed by atoms with Crippen molar-refractivity contribution >= 4 is 11.6 Å². The molecule has 0 aromatic heterocycles. The highest BCUT2D eigenvalue weighted by atomic mass is 16.5. The molecule has 0 amide bonds. The Kier molecular flexibility index (Phi) is 5.86. The Balaban J connectivity index is 0.000000127. The highest BCUT2D eigenvalue weighted by Crippen LogP contribution is 2.64. The molecule has 2 saturated heterocycles. The molecule has 0 unspecified atom stereocenters. The summed E-state index contributed by atoms with van der Waals surface area (Å²) in [5, 5.41) is 42.7. The molecule has 4 bridgehead atoms. The maximum Gasteiger partial charge on any atom is 0.196 e. The summed E-state index contributed by atoms with van der Waals surface area (Å²) in [5.41, 5.74) is 2.29. The second-order valence-corrected chi connectivity index (χ2v) is 14.8. The van der Waals surface area contributed by atoms with Crippen LogP contribution in [0.1, 0.15) is 59.1 Å². The molecule has 10 nitrogen and oxygen atoms in total. The summed E-state index contributed by atoms with van der Waals surface area (Å²) in [6.45, 7) is 1.43. The number of nitrogens with zero attached hydrogens (tertiary/aromatic N) is 2. The van der Waals surface area contributed by atoms with E-state index in [1.54, 1.807) is 6.08 Å². The van der Waals surface area contributed by atoms with Crippen molar-refractivity contribution in [2.75, 3.05) is 27.2 Å². The summed E-state index contributed by atoms with van der Waals surface area (Å²) < 4.78 is 12.2. The lowest BCUT2D eigenvalue weighted by molar-refractivity contribution is -0.185. The van der Waals surface area contributed by atoms with E-state index in [9.17, 15) is 30.0 Å². The Hall–Kier alpha value is -3.12. The van der Waals surface area contributed by atoms with E-state index in [1.807, 2.05) is 31.3 Å². The first-order chi connectivity index (χ1) is 22.1. The molecular weight excluding hydrogens is 588 g/mol. The van der Waals surface area contributed by atoms with Crippen LogP contribution in [0.15, 0.2) is 36.4 Å². The number of rotatable bonds is 2. The first kappa shape index (κ1) is 29.1. The van der Waals surface area contributed by atoms with Crippen molar-refractivity contribution in [2.24, 2.45) is 0 Å². The average Bonchev–Trinajstić information content (AvgIpc) is 3.59. The van der Waals surface area contributed by atoms with Crippen LogP contribution < -0.4 is 9.47 Å². The van der Waals surface area contributed by atoms with E-state index in [1.165, 1.54) is 6.08 Å². The van der Waals surface area contributed by atoms with Gasteiger partial charge in [0.25, 0.3) is 0 Å². The van der Waals surface area contributed by atoms with E-state index in [0.29, 0.717) is 36.3 Å². The van der Waals surface area contributed by atoms with Gasteiger partial charge in [0.05, 0.1) is 29.6 Å². The van der Waals surface area contributed by atoms with Crippen LogP contribution in [0.25, 0.3) is 0 Å². The monoisotopic (exact) mass is 628 g/mol. The minimum absolute atomic E-state index is 0.0221. The molecule has 46 heavy (non-hydrogen) atoms. The van der Waals surface area contributed by atoms with Crippen LogP contribution in [0, 0.1) is 0 Å². The van der Waals surface area contributed by atoms with E-state index in [2.05, 4.69) is 16.8 Å². The third kappa shape index (κ3) is 3.10. The molecule has 242 valence electrons. The molecule has 10 heteroatoms. The molecule has 2 aromatic carbocycles. The van der Waals surface area contributed by atoms with E-state index in [4.69, 9.17) is 9.47 Å². The minimum Gasteiger partial charge on any atom is -0.481 e. The fourth-order valence-corrected chi connectivity index (χ4v) is 11.0. The number of piperidine rings is 2. The van der Waals surface area contributed by atoms with Crippen molar-refractivity contribution in [1.82, 2.24) is 9.80 Å². The van der Waals surface area contributed by atoms with Crippen LogP contribution in [0.3, 0.4) is 0 Å². The van der Waals surface area contributed by atoms with E-state index in [0.717, 1.165) is 60.2 Å². The van der Waals surface area contributed by atoms with Crippen LogP contribution in [-0.2, 0) is 46.5 Å². The predicted molar refractivity (Wildman–Crippen MR) is 165 cm³/mol. The van der Waals surface area contributed by atoms with Gasteiger partial charge in [-0.25, -0.2) is 0 Å². The molecule has 10 rings (SSSR count). The average molecular weight is 629 g/mol. The van der Waals surface area contributed by atoms with Crippen LogP contribution in [-0.4, -0.2) is 104 Å². The van der Waals surface area contributed by atoms with Gasteiger partial charge in [0.15, 0.2) is 23.8 Å². The molecule has 4 N–H and O–H groups in total. The number of Topliss-reactive ketones (excluding diaryl/α,β-unsaturated/α-hetero) is 1. The van der Waals surface area contributed by atoms with E-state index in [-0.39, 0.29) is 36.9 Å². The van der Waals surface area contributed by atoms with Gasteiger partial charge in [-0.2, -0.15) is 0 Å². The molecule has 4 aliphatic heterocycles. The van der Waals surface area contributed by atoms with Gasteiger partial charge >= 0.3 is 0 Å². The number of aliphatic hydroxyl groups is 4. The zero-order chi connectivity index (χ0) is 32.0. The minimum atomic E-state index is -1.11. The molecule has 1 saturated carbocycles. The van der Waals surface area contributed by atoms with E-state index < -0.39 is 34.2 Å². The standard InChI is InChI=1S/C18H21NO4.C18H19NO4/c2*1-19-7-6-17-14-10-2-3-11(9-20)15(14)23-16(17)12(21)4-5-18(17,22)13(19)8-10/h2-3,13,16,20,22H,4-9H2,1H3;2-5,13,16,20,22H,6-9H2,1H3/t2*13-,16+,17+,18-/m11/s1. The summed E-state index contributed by atoms with van der Waals surface area (Å²) in [6, 6.07) is 7.79. The Bertz CT molecular complexity index is 1740. The van der Waals surface area contributed by atoms with Gasteiger partial charge in [-0.15, -0.1) is 0 Å². The number of aliphatic hydroxyl groups excluding tert-OH is 2. The summed E-state index contributed by atoms with van der Waals surface area (Å²) in [4.78, 5) is 29.6. The van der Waals surface area contributed by atoms with Gasteiger partial charge in [-0.1, -0.05) is 24.3 Å². The van der Waals surface area contributed by atoms with Crippen LogP contribution >= 0.6 is 0 Å². The number of likely N-dealkylation sites (N-methyl/N-ethyl adjacent to an activating group) is 2. The lowest BCUT2D eigenvalue weighted by Gasteiger charge is -2.62. The number of ketones is 2. The third-order valence-corrected chi connectivity index (χ3v) is 13.2. The summed E-state index contributed by atoms with van der Waals surface area (Å²) in [6.07, 6.45) is 5.64. The normalized spacial score (nSPS) is 40.4. The molecule has 8 atom stereocenters. The van der Waals surface area contributed by atoms with Crippen molar-refractivity contribution in [3.05, 3.63) is 69.8 Å². The fraction of sp³-hybridized carbons (Fsp3) is 0.556. The number of hydrogen-bond donors (Lipinski definition) is 4. The maximum atomic E-state index is 12.6. The smallest absolute Gasteiger partial charge is 0.196 e. The van der Waals surface area contributed by atoms with Crippen molar-refractivity contribution in [1.29, 1.82) is 0 Å². The quantitative estimate of drug-likeness (QED) is 0.379. The SMILES string of the molecule is CN1CC[C@]23c4c5ccc(CO)c4O[C@H]2C(=O)C=C[C@@]3(O)[C@H]1C5.CN1CC[C@]23c4c5ccc(CO)c4O[C@H]2C(=O)CC[C@@]3(O)[C@H]1C5. The largest absolute Gasteiger partial charge is 0.481 e. The molecule has 2 spiro atoms. The molecular formula is C36H40N2O8. The Labute approximate surface area is 267 Å². The van der Waals surface area contributed by atoms with Gasteiger partial charge in [-0.05, 0) is 82.6 Å². The van der Waals surface area contributed by atoms with Gasteiger partial charge in [-0.3, -0.25) is 14.5 Å². The van der Waals surface area contributed by atoms with Gasteiger partial charge in [0.2, 0.25) is 0 Å². The van der Waals surface area contributed by atoms with Crippen LogP contribution in [0.2, 0.25) is 0 Å². The molecule has 4 heterocycles. The zero-order valence-electron chi connectivity index (χ0n) is 26.2. The van der Waals surface area contributed by atoms with Crippen molar-refractivity contribution in [3.8, 4) is 11.5 Å². The van der Waals surface area contributed by atoms with Crippen molar-refractivity contribution in [3.63, 3.8) is 0 Å². The van der Waals surface area contributed by atoms with Gasteiger partial charge in [0, 0.05) is 40.8 Å². The van der Waals surface area contributed by atoms with Crippen molar-refractivity contribution in [2.45, 2.75) is 98.1 Å². The van der Waals surface area contributed by atoms with Crippen molar-refractivity contribution < 1.29 is 39.5 Å². The third-order valence-electron chi connectivity index (χ3n) is 13.2. The first-order valence-electron chi connectivity index (χ1n) is 16.5. The molecule has 0 radical (unpaired) electrons. The lowest BCUT2D eigenvalue weighted by Crippen LogP contribution is -2.76. The molecule has 8 aliphatic rings. The Morgan fingerprint density at radius 2 is 1.35 bits per heavy atom. The van der Waals surface area contributed by atoms with Gasteiger partial charge < -0.3 is 34.8 Å². The second kappa shape index (κ2) is 9.27. The maximum absolute atomic E-state index is 12.6. The van der Waals surface area contributed by atoms with E-state index >= 15 is 0 Å². The van der Waals surface area contributed by atoms with Crippen LogP contribution in [0.5, 0.6) is 11.5 Å². The summed E-state index contributed by atoms with van der Waals surface area (Å²) in [5.74, 6) is 1.27. The summed E-state index contributed by atoms with van der Waals surface area (Å²) >= 11 is 0. The number of carbonyl (C=O) groups is 2. The first-order valence-corrected chi connectivity index (χ1v) is 16.5. The number of ether oxygens (including phenoxy) is 2. The van der Waals surface area contributed by atoms with Crippen LogP contribution in [0.4, 0.5) is 0 Å². The number of carbonyl (C=O) groups excluding carboxylic acids is 2. The Morgan fingerprint density at radius 3 is 2.00 bits per heavy atom. The number of hydrogen-bond acceptors (Lipinski definition) is 10. The number of benzene rings is 2. The summed E-state index contributed by atoms with van der Waals surface area (Å²) in [7, 11) is 4.09. The fourth-order valence-electron chi connectivity index (χ4n) is 11.0. The highest BCUT2D eigenvalue weighted by Gasteiger charge is 2.73.